The molecule has 3 rings (SSSR count). The molecule has 0 saturated heterocycles. The van der Waals surface area contributed by atoms with Crippen molar-refractivity contribution in [1.82, 2.24) is 9.38 Å². The minimum absolute atomic E-state index is 0.869. The highest BCUT2D eigenvalue weighted by Gasteiger charge is 2.03. The van der Waals surface area contributed by atoms with Crippen LogP contribution in [0.5, 0.6) is 0 Å². The SMILES string of the molecule is Cc1ccn2cc(Cc3ccc(Br)cc3)nc2c1. The van der Waals surface area contributed by atoms with Gasteiger partial charge in [0, 0.05) is 23.3 Å². The molecule has 2 nitrogen and oxygen atoms in total. The normalized spacial score (nSPS) is 11.0. The lowest BCUT2D eigenvalue weighted by molar-refractivity contribution is 1.11. The van der Waals surface area contributed by atoms with Crippen LogP contribution in [0.3, 0.4) is 0 Å². The van der Waals surface area contributed by atoms with Crippen molar-refractivity contribution < 1.29 is 0 Å². The van der Waals surface area contributed by atoms with E-state index in [-0.39, 0.29) is 0 Å². The summed E-state index contributed by atoms with van der Waals surface area (Å²) < 4.78 is 3.18. The third-order valence-corrected chi connectivity index (χ3v) is 3.49. The Morgan fingerprint density at radius 2 is 1.94 bits per heavy atom. The second kappa shape index (κ2) is 4.58. The highest BCUT2D eigenvalue weighted by Crippen LogP contribution is 2.15. The Hall–Kier alpha value is -1.61. The maximum absolute atomic E-state index is 4.64. The van der Waals surface area contributed by atoms with E-state index in [1.807, 2.05) is 0 Å². The monoisotopic (exact) mass is 300 g/mol. The molecule has 1 aromatic carbocycles. The molecule has 0 unspecified atom stereocenters. The van der Waals surface area contributed by atoms with Crippen LogP contribution in [-0.2, 0) is 6.42 Å². The van der Waals surface area contributed by atoms with E-state index in [1.165, 1.54) is 11.1 Å². The predicted molar refractivity (Wildman–Crippen MR) is 76.9 cm³/mol. The van der Waals surface area contributed by atoms with Gasteiger partial charge in [-0.15, -0.1) is 0 Å². The van der Waals surface area contributed by atoms with Gasteiger partial charge in [0.1, 0.15) is 5.65 Å². The summed E-state index contributed by atoms with van der Waals surface area (Å²) in [6.45, 7) is 2.09. The largest absolute Gasteiger partial charge is 0.307 e. The van der Waals surface area contributed by atoms with Crippen molar-refractivity contribution in [2.24, 2.45) is 0 Å². The van der Waals surface area contributed by atoms with Crippen LogP contribution < -0.4 is 0 Å². The van der Waals surface area contributed by atoms with Crippen LogP contribution >= 0.6 is 15.9 Å². The fourth-order valence-electron chi connectivity index (χ4n) is 2.03. The number of rotatable bonds is 2. The zero-order valence-corrected chi connectivity index (χ0v) is 11.7. The number of fused-ring (bicyclic) bond motifs is 1. The first-order valence-electron chi connectivity index (χ1n) is 5.89. The minimum atomic E-state index is 0.869. The van der Waals surface area contributed by atoms with Crippen LogP contribution in [0.2, 0.25) is 0 Å². The summed E-state index contributed by atoms with van der Waals surface area (Å²) in [7, 11) is 0. The topological polar surface area (TPSA) is 17.3 Å². The maximum Gasteiger partial charge on any atom is 0.137 e. The second-order valence-electron chi connectivity index (χ2n) is 4.51. The van der Waals surface area contributed by atoms with Gasteiger partial charge in [-0.2, -0.15) is 0 Å². The van der Waals surface area contributed by atoms with Gasteiger partial charge in [0.2, 0.25) is 0 Å². The molecular weight excluding hydrogens is 288 g/mol. The van der Waals surface area contributed by atoms with E-state index < -0.39 is 0 Å². The van der Waals surface area contributed by atoms with Gasteiger partial charge >= 0.3 is 0 Å². The third-order valence-electron chi connectivity index (χ3n) is 2.96. The number of hydrogen-bond acceptors (Lipinski definition) is 1. The van der Waals surface area contributed by atoms with Crippen molar-refractivity contribution in [3.8, 4) is 0 Å². The second-order valence-corrected chi connectivity index (χ2v) is 5.42. The zero-order valence-electron chi connectivity index (χ0n) is 10.1. The first-order valence-corrected chi connectivity index (χ1v) is 6.69. The highest BCUT2D eigenvalue weighted by molar-refractivity contribution is 9.10. The molecule has 0 aliphatic rings. The van der Waals surface area contributed by atoms with Crippen LogP contribution in [0.4, 0.5) is 0 Å². The van der Waals surface area contributed by atoms with Crippen molar-refractivity contribution in [3.05, 3.63) is 70.1 Å². The Kier molecular flexibility index (Phi) is 2.92. The molecule has 18 heavy (non-hydrogen) atoms. The van der Waals surface area contributed by atoms with E-state index in [0.717, 1.165) is 22.2 Å². The van der Waals surface area contributed by atoms with Crippen LogP contribution in [0.1, 0.15) is 16.8 Å². The molecule has 0 radical (unpaired) electrons. The number of benzene rings is 1. The molecule has 0 bridgehead atoms. The standard InChI is InChI=1S/C15H13BrN2/c1-11-6-7-18-10-14(17-15(18)8-11)9-12-2-4-13(16)5-3-12/h2-8,10H,9H2,1H3. The summed E-state index contributed by atoms with van der Waals surface area (Å²) in [5.41, 5.74) is 4.63. The summed E-state index contributed by atoms with van der Waals surface area (Å²) in [4.78, 5) is 4.64. The summed E-state index contributed by atoms with van der Waals surface area (Å²) in [6, 6.07) is 12.6. The van der Waals surface area contributed by atoms with Crippen molar-refractivity contribution in [2.75, 3.05) is 0 Å². The molecule has 0 saturated carbocycles. The minimum Gasteiger partial charge on any atom is -0.307 e. The fourth-order valence-corrected chi connectivity index (χ4v) is 2.30. The number of aryl methyl sites for hydroxylation is 1. The van der Waals surface area contributed by atoms with Crippen LogP contribution in [-0.4, -0.2) is 9.38 Å². The Labute approximate surface area is 114 Å². The Morgan fingerprint density at radius 3 is 2.72 bits per heavy atom. The molecule has 0 aliphatic carbocycles. The number of hydrogen-bond donors (Lipinski definition) is 0. The molecule has 0 spiro atoms. The predicted octanol–water partition coefficient (Wildman–Crippen LogP) is 4.00. The van der Waals surface area contributed by atoms with Gasteiger partial charge < -0.3 is 4.40 Å². The number of imidazole rings is 1. The lowest BCUT2D eigenvalue weighted by Gasteiger charge is -1.97. The van der Waals surface area contributed by atoms with Gasteiger partial charge in [-0.3, -0.25) is 0 Å². The van der Waals surface area contributed by atoms with Crippen LogP contribution in [0, 0.1) is 6.92 Å². The van der Waals surface area contributed by atoms with Crippen molar-refractivity contribution in [1.29, 1.82) is 0 Å². The van der Waals surface area contributed by atoms with E-state index in [1.54, 1.807) is 0 Å². The summed E-state index contributed by atoms with van der Waals surface area (Å²) in [5.74, 6) is 0. The first-order chi connectivity index (χ1) is 8.70. The van der Waals surface area contributed by atoms with Gasteiger partial charge in [-0.05, 0) is 42.3 Å². The lowest BCUT2D eigenvalue weighted by atomic mass is 10.1. The average molecular weight is 301 g/mol. The molecule has 0 N–H and O–H groups in total. The van der Waals surface area contributed by atoms with E-state index in [4.69, 9.17) is 0 Å². The highest BCUT2D eigenvalue weighted by atomic mass is 79.9. The Morgan fingerprint density at radius 1 is 1.17 bits per heavy atom. The summed E-state index contributed by atoms with van der Waals surface area (Å²) in [6.07, 6.45) is 5.02. The van der Waals surface area contributed by atoms with Gasteiger partial charge in [-0.25, -0.2) is 4.98 Å². The fraction of sp³-hybridized carbons (Fsp3) is 0.133. The van der Waals surface area contributed by atoms with E-state index >= 15 is 0 Å². The van der Waals surface area contributed by atoms with Gasteiger partial charge in [0.05, 0.1) is 5.69 Å². The van der Waals surface area contributed by atoms with Crippen molar-refractivity contribution in [2.45, 2.75) is 13.3 Å². The van der Waals surface area contributed by atoms with E-state index in [9.17, 15) is 0 Å². The quantitative estimate of drug-likeness (QED) is 0.699. The van der Waals surface area contributed by atoms with Gasteiger partial charge in [-0.1, -0.05) is 28.1 Å². The molecule has 0 aliphatic heterocycles. The number of nitrogens with zero attached hydrogens (tertiary/aromatic N) is 2. The molecule has 90 valence electrons. The average Bonchev–Trinajstić information content (AvgIpc) is 2.73. The van der Waals surface area contributed by atoms with Crippen LogP contribution in [0.25, 0.3) is 5.65 Å². The lowest BCUT2D eigenvalue weighted by Crippen LogP contribution is -1.87. The zero-order chi connectivity index (χ0) is 12.5. The molecule has 2 aromatic heterocycles. The van der Waals surface area contributed by atoms with Gasteiger partial charge in [0.25, 0.3) is 0 Å². The molecule has 0 atom stereocenters. The summed E-state index contributed by atoms with van der Waals surface area (Å²) >= 11 is 3.45. The molecular formula is C15H13BrN2. The number of pyridine rings is 1. The van der Waals surface area contributed by atoms with E-state index in [2.05, 4.69) is 81.0 Å². The maximum atomic E-state index is 4.64. The molecule has 0 fully saturated rings. The third kappa shape index (κ3) is 2.31. The van der Waals surface area contributed by atoms with E-state index in [0.29, 0.717) is 0 Å². The summed E-state index contributed by atoms with van der Waals surface area (Å²) in [5, 5.41) is 0. The molecule has 2 heterocycles. The van der Waals surface area contributed by atoms with Crippen molar-refractivity contribution >= 4 is 21.6 Å². The Balaban J connectivity index is 1.92. The smallest absolute Gasteiger partial charge is 0.137 e. The Bertz CT molecular complexity index is 683. The molecule has 3 heteroatoms. The van der Waals surface area contributed by atoms with Crippen LogP contribution in [0.15, 0.2) is 53.3 Å². The van der Waals surface area contributed by atoms with Crippen molar-refractivity contribution in [3.63, 3.8) is 0 Å². The van der Waals surface area contributed by atoms with Gasteiger partial charge in [0.15, 0.2) is 0 Å². The molecule has 0 amide bonds. The molecule has 3 aromatic rings. The number of aromatic nitrogens is 2. The first kappa shape index (κ1) is 11.5. The number of halogens is 1.